The number of nitrogens with two attached hydrogens (primary N) is 1. The molecule has 7 nitrogen and oxygen atoms in total. The largest absolute Gasteiger partial charge is 0.452 e. The summed E-state index contributed by atoms with van der Waals surface area (Å²) < 4.78 is 31.1. The second-order valence-electron chi connectivity index (χ2n) is 3.71. The molecule has 1 amide bonds. The lowest BCUT2D eigenvalue weighted by atomic mass is 10.2. The summed E-state index contributed by atoms with van der Waals surface area (Å²) in [6.07, 6.45) is -1.03. The van der Waals surface area contributed by atoms with Gasteiger partial charge in [0.25, 0.3) is 0 Å². The van der Waals surface area contributed by atoms with E-state index in [0.29, 0.717) is 0 Å². The molecule has 0 saturated heterocycles. The van der Waals surface area contributed by atoms with Crippen LogP contribution in [-0.4, -0.2) is 39.0 Å². The van der Waals surface area contributed by atoms with Gasteiger partial charge in [0.15, 0.2) is 0 Å². The molecule has 106 valence electrons. The first-order valence-corrected chi connectivity index (χ1v) is 7.03. The lowest BCUT2D eigenvalue weighted by Gasteiger charge is -2.21. The van der Waals surface area contributed by atoms with Crippen LogP contribution >= 0.6 is 0 Å². The predicted molar refractivity (Wildman–Crippen MR) is 70.4 cm³/mol. The number of rotatable bonds is 6. The molecule has 0 fully saturated rings. The molecule has 1 rings (SSSR count). The lowest BCUT2D eigenvalue weighted by Crippen LogP contribution is -2.45. The third-order valence-electron chi connectivity index (χ3n) is 2.32. The lowest BCUT2D eigenvalue weighted by molar-refractivity contribution is 0.177. The van der Waals surface area contributed by atoms with Crippen LogP contribution in [0.5, 0.6) is 0 Å². The van der Waals surface area contributed by atoms with Crippen molar-refractivity contribution < 1.29 is 17.9 Å². The predicted octanol–water partition coefficient (Wildman–Crippen LogP) is 0.0481. The second kappa shape index (κ2) is 7.07. The summed E-state index contributed by atoms with van der Waals surface area (Å²) in [4.78, 5) is 11.0. The fourth-order valence-corrected chi connectivity index (χ4v) is 2.51. The van der Waals surface area contributed by atoms with Crippen molar-refractivity contribution in [3.63, 3.8) is 0 Å². The van der Waals surface area contributed by atoms with Gasteiger partial charge in [-0.05, 0) is 5.56 Å². The van der Waals surface area contributed by atoms with E-state index in [9.17, 15) is 13.2 Å². The van der Waals surface area contributed by atoms with Crippen molar-refractivity contribution in [1.82, 2.24) is 9.03 Å². The van der Waals surface area contributed by atoms with Crippen LogP contribution in [0, 0.1) is 0 Å². The molecule has 0 atom stereocenters. The highest BCUT2D eigenvalue weighted by Gasteiger charge is 2.24. The van der Waals surface area contributed by atoms with E-state index in [-0.39, 0.29) is 19.6 Å². The molecule has 19 heavy (non-hydrogen) atoms. The standard InChI is InChI=1S/C11H17N3O4S/c1-18-11(15)13-19(16,17)14(8-7-12)9-10-5-3-2-4-6-10/h2-6H,7-9,12H2,1H3,(H,13,15). The van der Waals surface area contributed by atoms with Gasteiger partial charge in [-0.3, -0.25) is 0 Å². The van der Waals surface area contributed by atoms with E-state index >= 15 is 0 Å². The summed E-state index contributed by atoms with van der Waals surface area (Å²) in [7, 11) is -2.87. The molecule has 0 heterocycles. The van der Waals surface area contributed by atoms with E-state index in [1.165, 1.54) is 0 Å². The van der Waals surface area contributed by atoms with Crippen molar-refractivity contribution in [3.8, 4) is 0 Å². The molecule has 0 radical (unpaired) electrons. The van der Waals surface area contributed by atoms with Crippen LogP contribution in [-0.2, 0) is 21.5 Å². The summed E-state index contributed by atoms with van der Waals surface area (Å²) in [6.45, 7) is 0.376. The summed E-state index contributed by atoms with van der Waals surface area (Å²) in [5, 5.41) is 0. The fourth-order valence-electron chi connectivity index (χ4n) is 1.43. The van der Waals surface area contributed by atoms with Gasteiger partial charge in [-0.15, -0.1) is 0 Å². The molecule has 0 aromatic heterocycles. The van der Waals surface area contributed by atoms with Crippen LogP contribution in [0.2, 0.25) is 0 Å². The minimum atomic E-state index is -3.97. The second-order valence-corrected chi connectivity index (χ2v) is 5.38. The molecule has 0 unspecified atom stereocenters. The van der Waals surface area contributed by atoms with E-state index in [2.05, 4.69) is 4.74 Å². The van der Waals surface area contributed by atoms with Gasteiger partial charge in [-0.1, -0.05) is 30.3 Å². The monoisotopic (exact) mass is 287 g/mol. The van der Waals surface area contributed by atoms with Crippen molar-refractivity contribution in [2.24, 2.45) is 5.73 Å². The summed E-state index contributed by atoms with van der Waals surface area (Å²) in [5.74, 6) is 0. The Balaban J connectivity index is 2.85. The van der Waals surface area contributed by atoms with Crippen molar-refractivity contribution >= 4 is 16.3 Å². The Hall–Kier alpha value is -1.64. The smallest absolute Gasteiger partial charge is 0.421 e. The Bertz CT molecular complexity index is 504. The van der Waals surface area contributed by atoms with E-state index in [1.807, 2.05) is 6.07 Å². The maximum absolute atomic E-state index is 12.0. The zero-order valence-corrected chi connectivity index (χ0v) is 11.4. The normalized spacial score (nSPS) is 11.3. The molecule has 8 heteroatoms. The SMILES string of the molecule is COC(=O)NS(=O)(=O)N(CCN)Cc1ccccc1. The number of carbonyl (C=O) groups is 1. The highest BCUT2D eigenvalue weighted by Crippen LogP contribution is 2.07. The van der Waals surface area contributed by atoms with Gasteiger partial charge < -0.3 is 10.5 Å². The Morgan fingerprint density at radius 1 is 1.37 bits per heavy atom. The first kappa shape index (κ1) is 15.4. The van der Waals surface area contributed by atoms with Gasteiger partial charge in [-0.25, -0.2) is 9.52 Å². The van der Waals surface area contributed by atoms with Crippen LogP contribution in [0.3, 0.4) is 0 Å². The minimum absolute atomic E-state index is 0.0984. The fraction of sp³-hybridized carbons (Fsp3) is 0.364. The molecule has 0 bridgehead atoms. The number of hydrogen-bond donors (Lipinski definition) is 2. The van der Waals surface area contributed by atoms with Gasteiger partial charge in [0.05, 0.1) is 7.11 Å². The van der Waals surface area contributed by atoms with Gasteiger partial charge in [0.1, 0.15) is 0 Å². The Kier molecular flexibility index (Phi) is 5.74. The minimum Gasteiger partial charge on any atom is -0.452 e. The third kappa shape index (κ3) is 4.86. The first-order valence-electron chi connectivity index (χ1n) is 5.59. The summed E-state index contributed by atoms with van der Waals surface area (Å²) in [6, 6.07) is 9.01. The highest BCUT2D eigenvalue weighted by molar-refractivity contribution is 7.87. The van der Waals surface area contributed by atoms with Crippen LogP contribution < -0.4 is 10.5 Å². The Morgan fingerprint density at radius 2 is 2.00 bits per heavy atom. The number of carbonyl (C=O) groups excluding carboxylic acids is 1. The Labute approximate surface area is 112 Å². The number of benzene rings is 1. The van der Waals surface area contributed by atoms with Crippen molar-refractivity contribution in [2.75, 3.05) is 20.2 Å². The van der Waals surface area contributed by atoms with Gasteiger partial charge in [0.2, 0.25) is 0 Å². The van der Waals surface area contributed by atoms with Gasteiger partial charge in [0, 0.05) is 19.6 Å². The van der Waals surface area contributed by atoms with Crippen molar-refractivity contribution in [3.05, 3.63) is 35.9 Å². The maximum atomic E-state index is 12.0. The van der Waals surface area contributed by atoms with E-state index in [4.69, 9.17) is 5.73 Å². The highest BCUT2D eigenvalue weighted by atomic mass is 32.2. The zero-order valence-electron chi connectivity index (χ0n) is 10.6. The topological polar surface area (TPSA) is 102 Å². The van der Waals surface area contributed by atoms with Crippen molar-refractivity contribution in [2.45, 2.75) is 6.54 Å². The number of amides is 1. The molecule has 3 N–H and O–H groups in total. The number of methoxy groups -OCH3 is 1. The number of nitrogens with zero attached hydrogens (tertiary/aromatic N) is 1. The van der Waals surface area contributed by atoms with Gasteiger partial charge in [-0.2, -0.15) is 12.7 Å². The molecule has 0 aliphatic rings. The van der Waals surface area contributed by atoms with Crippen LogP contribution in [0.4, 0.5) is 4.79 Å². The molecule has 0 aliphatic heterocycles. The van der Waals surface area contributed by atoms with Crippen LogP contribution in [0.15, 0.2) is 30.3 Å². The zero-order chi connectivity index (χ0) is 14.3. The number of nitrogens with one attached hydrogen (secondary N) is 1. The Morgan fingerprint density at radius 3 is 2.53 bits per heavy atom. The van der Waals surface area contributed by atoms with E-state index in [1.54, 1.807) is 29.0 Å². The average Bonchev–Trinajstić information content (AvgIpc) is 2.39. The average molecular weight is 287 g/mol. The molecular formula is C11H17N3O4S. The van der Waals surface area contributed by atoms with Crippen LogP contribution in [0.25, 0.3) is 0 Å². The van der Waals surface area contributed by atoms with E-state index in [0.717, 1.165) is 17.0 Å². The quantitative estimate of drug-likeness (QED) is 0.769. The van der Waals surface area contributed by atoms with Crippen LogP contribution in [0.1, 0.15) is 5.56 Å². The van der Waals surface area contributed by atoms with Crippen molar-refractivity contribution in [1.29, 1.82) is 0 Å². The first-order chi connectivity index (χ1) is 8.99. The number of hydrogen-bond acceptors (Lipinski definition) is 5. The third-order valence-corrected chi connectivity index (χ3v) is 3.73. The molecule has 0 aliphatic carbocycles. The molecule has 1 aromatic carbocycles. The van der Waals surface area contributed by atoms with E-state index < -0.39 is 16.3 Å². The molecule has 0 saturated carbocycles. The molecule has 0 spiro atoms. The molecule has 1 aromatic rings. The number of ether oxygens (including phenoxy) is 1. The summed E-state index contributed by atoms with van der Waals surface area (Å²) >= 11 is 0. The summed E-state index contributed by atoms with van der Waals surface area (Å²) in [5.41, 5.74) is 6.19. The van der Waals surface area contributed by atoms with Gasteiger partial charge >= 0.3 is 16.3 Å². The maximum Gasteiger partial charge on any atom is 0.421 e. The molecular weight excluding hydrogens is 270 g/mol.